The van der Waals surface area contributed by atoms with E-state index in [1.54, 1.807) is 36.0 Å². The van der Waals surface area contributed by atoms with Crippen molar-refractivity contribution in [2.45, 2.75) is 26.3 Å². The molecule has 7 heteroatoms. The molecular formula is C16H23N3O3S. The van der Waals surface area contributed by atoms with Crippen LogP contribution in [0, 0.1) is 5.92 Å². The lowest BCUT2D eigenvalue weighted by atomic mass is 10.1. The molecule has 1 saturated heterocycles. The quantitative estimate of drug-likeness (QED) is 0.872. The number of aromatic nitrogens is 1. The Morgan fingerprint density at radius 1 is 1.43 bits per heavy atom. The third-order valence-electron chi connectivity index (χ3n) is 3.82. The fourth-order valence-corrected chi connectivity index (χ4v) is 3.46. The normalized spacial score (nSPS) is 17.6. The third-order valence-corrected chi connectivity index (χ3v) is 4.83. The summed E-state index contributed by atoms with van der Waals surface area (Å²) in [6, 6.07) is 2.46. The molecule has 1 atom stereocenters. The van der Waals surface area contributed by atoms with Gasteiger partial charge in [-0.3, -0.25) is 14.4 Å². The Balaban J connectivity index is 2.05. The van der Waals surface area contributed by atoms with Crippen LogP contribution in [0.1, 0.15) is 30.6 Å². The summed E-state index contributed by atoms with van der Waals surface area (Å²) in [4.78, 5) is 38.1. The van der Waals surface area contributed by atoms with Crippen molar-refractivity contribution >= 4 is 23.6 Å². The maximum Gasteiger partial charge on any atom is 0.255 e. The summed E-state index contributed by atoms with van der Waals surface area (Å²) in [7, 11) is 1.63. The molecule has 1 fully saturated rings. The Labute approximate surface area is 140 Å². The van der Waals surface area contributed by atoms with E-state index in [2.05, 4.69) is 19.2 Å². The molecule has 1 N–H and O–H groups in total. The van der Waals surface area contributed by atoms with Crippen molar-refractivity contribution in [3.63, 3.8) is 0 Å². The molecule has 0 unspecified atom stereocenters. The second-order valence-electron chi connectivity index (χ2n) is 6.13. The molecule has 0 saturated carbocycles. The van der Waals surface area contributed by atoms with Gasteiger partial charge in [0.2, 0.25) is 5.91 Å². The number of nitrogens with one attached hydrogen (secondary N) is 1. The number of thioether (sulfide) groups is 1. The van der Waals surface area contributed by atoms with Crippen LogP contribution in [0.2, 0.25) is 0 Å². The predicted molar refractivity (Wildman–Crippen MR) is 91.4 cm³/mol. The van der Waals surface area contributed by atoms with Gasteiger partial charge in [0.05, 0.1) is 5.88 Å². The molecular weight excluding hydrogens is 314 g/mol. The Bertz CT molecular complexity index is 642. The van der Waals surface area contributed by atoms with Crippen molar-refractivity contribution in [2.75, 3.05) is 18.2 Å². The van der Waals surface area contributed by atoms with E-state index >= 15 is 0 Å². The summed E-state index contributed by atoms with van der Waals surface area (Å²) in [5.41, 5.74) is 0.0937. The van der Waals surface area contributed by atoms with E-state index in [0.29, 0.717) is 29.7 Å². The lowest BCUT2D eigenvalue weighted by molar-refractivity contribution is -0.124. The largest absolute Gasteiger partial charge is 0.354 e. The van der Waals surface area contributed by atoms with Crippen molar-refractivity contribution in [1.82, 2.24) is 14.8 Å². The molecule has 0 bridgehead atoms. The van der Waals surface area contributed by atoms with Gasteiger partial charge in [0, 0.05) is 37.2 Å². The van der Waals surface area contributed by atoms with E-state index < -0.39 is 6.04 Å². The highest BCUT2D eigenvalue weighted by Crippen LogP contribution is 2.23. The number of aryl methyl sites for hydroxylation is 1. The first kappa shape index (κ1) is 17.6. The minimum absolute atomic E-state index is 0.118. The van der Waals surface area contributed by atoms with Crippen LogP contribution in [-0.2, 0) is 11.8 Å². The monoisotopic (exact) mass is 337 g/mol. The fourth-order valence-electron chi connectivity index (χ4n) is 2.31. The van der Waals surface area contributed by atoms with E-state index in [1.807, 2.05) is 0 Å². The van der Waals surface area contributed by atoms with E-state index in [4.69, 9.17) is 0 Å². The smallest absolute Gasteiger partial charge is 0.255 e. The lowest BCUT2D eigenvalue weighted by Gasteiger charge is -2.23. The van der Waals surface area contributed by atoms with Crippen molar-refractivity contribution < 1.29 is 9.59 Å². The molecule has 0 radical (unpaired) electrons. The molecule has 0 aliphatic carbocycles. The Kier molecular flexibility index (Phi) is 5.87. The predicted octanol–water partition coefficient (Wildman–Crippen LogP) is 1.06. The van der Waals surface area contributed by atoms with Gasteiger partial charge in [-0.25, -0.2) is 0 Å². The fraction of sp³-hybridized carbons (Fsp3) is 0.562. The van der Waals surface area contributed by atoms with E-state index in [0.717, 1.165) is 6.42 Å². The average molecular weight is 337 g/mol. The van der Waals surface area contributed by atoms with Gasteiger partial charge >= 0.3 is 0 Å². The van der Waals surface area contributed by atoms with E-state index in [1.165, 1.54) is 10.6 Å². The van der Waals surface area contributed by atoms with Gasteiger partial charge in [-0.15, -0.1) is 11.8 Å². The zero-order chi connectivity index (χ0) is 17.0. The van der Waals surface area contributed by atoms with E-state index in [9.17, 15) is 14.4 Å². The van der Waals surface area contributed by atoms with Crippen LogP contribution < -0.4 is 10.9 Å². The van der Waals surface area contributed by atoms with Crippen LogP contribution in [0.5, 0.6) is 0 Å². The molecule has 23 heavy (non-hydrogen) atoms. The standard InChI is InChI=1S/C16H23N3O3S/c1-11(2)4-6-17-15(21)13-9-23-10-19(13)16(22)12-5-7-18(3)14(20)8-12/h5,7-8,11,13H,4,6,9-10H2,1-3H3,(H,17,21)/t13-/m0/s1. The maximum absolute atomic E-state index is 12.6. The second kappa shape index (κ2) is 7.68. The Hall–Kier alpha value is -1.76. The van der Waals surface area contributed by atoms with Crippen molar-refractivity contribution in [2.24, 2.45) is 13.0 Å². The van der Waals surface area contributed by atoms with E-state index in [-0.39, 0.29) is 17.4 Å². The number of carbonyl (C=O) groups excluding carboxylic acids is 2. The van der Waals surface area contributed by atoms with Gasteiger partial charge in [0.25, 0.3) is 11.5 Å². The second-order valence-corrected chi connectivity index (χ2v) is 7.13. The minimum Gasteiger partial charge on any atom is -0.354 e. The van der Waals surface area contributed by atoms with Gasteiger partial charge in [0.15, 0.2) is 0 Å². The van der Waals surface area contributed by atoms with Crippen LogP contribution in [0.15, 0.2) is 23.1 Å². The number of amides is 2. The van der Waals surface area contributed by atoms with Crippen molar-refractivity contribution in [1.29, 1.82) is 0 Å². The number of hydrogen-bond acceptors (Lipinski definition) is 4. The SMILES string of the molecule is CC(C)CCNC(=O)[C@@H]1CSCN1C(=O)c1ccn(C)c(=O)c1. The van der Waals surface area contributed by atoms with Gasteiger partial charge in [0.1, 0.15) is 6.04 Å². The topological polar surface area (TPSA) is 71.4 Å². The Morgan fingerprint density at radius 3 is 2.83 bits per heavy atom. The first-order valence-electron chi connectivity index (χ1n) is 7.73. The number of carbonyl (C=O) groups is 2. The first-order chi connectivity index (χ1) is 10.9. The van der Waals surface area contributed by atoms with Crippen LogP contribution >= 0.6 is 11.8 Å². The van der Waals surface area contributed by atoms with Gasteiger partial charge < -0.3 is 14.8 Å². The highest BCUT2D eigenvalue weighted by Gasteiger charge is 2.35. The lowest BCUT2D eigenvalue weighted by Crippen LogP contribution is -2.47. The third kappa shape index (κ3) is 4.37. The summed E-state index contributed by atoms with van der Waals surface area (Å²) in [5.74, 6) is 1.19. The van der Waals surface area contributed by atoms with Gasteiger partial charge in [-0.1, -0.05) is 13.8 Å². The van der Waals surface area contributed by atoms with Gasteiger partial charge in [-0.05, 0) is 18.4 Å². The molecule has 1 aromatic heterocycles. The molecule has 0 aromatic carbocycles. The zero-order valence-corrected chi connectivity index (χ0v) is 14.6. The molecule has 1 aromatic rings. The average Bonchev–Trinajstić information content (AvgIpc) is 2.98. The number of rotatable bonds is 5. The summed E-state index contributed by atoms with van der Waals surface area (Å²) in [6.45, 7) is 4.82. The minimum atomic E-state index is -0.469. The molecule has 2 amide bonds. The van der Waals surface area contributed by atoms with Crippen molar-refractivity contribution in [3.8, 4) is 0 Å². The number of nitrogens with zero attached hydrogens (tertiary/aromatic N) is 2. The summed E-state index contributed by atoms with van der Waals surface area (Å²) in [6.07, 6.45) is 2.48. The van der Waals surface area contributed by atoms with Crippen LogP contribution in [-0.4, -0.2) is 45.5 Å². The summed E-state index contributed by atoms with van der Waals surface area (Å²) >= 11 is 1.55. The maximum atomic E-state index is 12.6. The molecule has 1 aliphatic heterocycles. The van der Waals surface area contributed by atoms with Crippen LogP contribution in [0.3, 0.4) is 0 Å². The zero-order valence-electron chi connectivity index (χ0n) is 13.7. The molecule has 2 rings (SSSR count). The van der Waals surface area contributed by atoms with Gasteiger partial charge in [-0.2, -0.15) is 0 Å². The molecule has 126 valence electrons. The molecule has 2 heterocycles. The number of hydrogen-bond donors (Lipinski definition) is 1. The highest BCUT2D eigenvalue weighted by molar-refractivity contribution is 7.99. The summed E-state index contributed by atoms with van der Waals surface area (Å²) in [5, 5.41) is 2.90. The van der Waals surface area contributed by atoms with Crippen molar-refractivity contribution in [3.05, 3.63) is 34.2 Å². The Morgan fingerprint density at radius 2 is 2.17 bits per heavy atom. The highest BCUT2D eigenvalue weighted by atomic mass is 32.2. The molecule has 1 aliphatic rings. The molecule has 6 nitrogen and oxygen atoms in total. The first-order valence-corrected chi connectivity index (χ1v) is 8.88. The number of pyridine rings is 1. The molecule has 0 spiro atoms. The summed E-state index contributed by atoms with van der Waals surface area (Å²) < 4.78 is 1.41. The van der Waals surface area contributed by atoms with Crippen LogP contribution in [0.25, 0.3) is 0 Å². The van der Waals surface area contributed by atoms with Crippen LogP contribution in [0.4, 0.5) is 0 Å².